The second-order valence-electron chi connectivity index (χ2n) is 4.54. The molecule has 5 nitrogen and oxygen atoms in total. The van der Waals surface area contributed by atoms with Crippen molar-refractivity contribution >= 4 is 5.91 Å². The fraction of sp³-hybridized carbons (Fsp3) is 0.250. The summed E-state index contributed by atoms with van der Waals surface area (Å²) in [6.45, 7) is 2.06. The molecule has 5 heteroatoms. The molecule has 0 aliphatic carbocycles. The highest BCUT2D eigenvalue weighted by Gasteiger charge is 2.16. The van der Waals surface area contributed by atoms with E-state index in [2.05, 4.69) is 16.8 Å². The van der Waals surface area contributed by atoms with Gasteiger partial charge in [-0.05, 0) is 19.1 Å². The number of amides is 1. The van der Waals surface area contributed by atoms with E-state index in [1.165, 1.54) is 6.20 Å². The molecule has 0 aliphatic heterocycles. The van der Waals surface area contributed by atoms with Crippen LogP contribution in [-0.2, 0) is 6.54 Å². The smallest absolute Gasteiger partial charge is 0.255 e. The number of aliphatic hydroxyl groups excluding tert-OH is 1. The average molecular weight is 284 g/mol. The number of aromatic nitrogens is 1. The van der Waals surface area contributed by atoms with Gasteiger partial charge in [0, 0.05) is 31.5 Å². The van der Waals surface area contributed by atoms with Crippen LogP contribution in [0.4, 0.5) is 0 Å². The summed E-state index contributed by atoms with van der Waals surface area (Å²) >= 11 is 0. The fourth-order valence-corrected chi connectivity index (χ4v) is 1.92. The molecular weight excluding hydrogens is 268 g/mol. The van der Waals surface area contributed by atoms with Gasteiger partial charge in [-0.2, -0.15) is 0 Å². The first-order chi connectivity index (χ1) is 10.1. The summed E-state index contributed by atoms with van der Waals surface area (Å²) in [7, 11) is 1.72. The first kappa shape index (κ1) is 14.8. The summed E-state index contributed by atoms with van der Waals surface area (Å²) in [5.74, 6) is 5.92. The highest BCUT2D eigenvalue weighted by molar-refractivity contribution is 5.96. The quantitative estimate of drug-likeness (QED) is 0.869. The van der Waals surface area contributed by atoms with Crippen LogP contribution in [0.15, 0.2) is 35.2 Å². The highest BCUT2D eigenvalue weighted by atomic mass is 16.3. The van der Waals surface area contributed by atoms with Crippen LogP contribution in [0.5, 0.6) is 0 Å². The summed E-state index contributed by atoms with van der Waals surface area (Å²) in [6, 6.07) is 3.47. The summed E-state index contributed by atoms with van der Waals surface area (Å²) in [4.78, 5) is 18.1. The van der Waals surface area contributed by atoms with Crippen molar-refractivity contribution in [1.29, 1.82) is 0 Å². The van der Waals surface area contributed by atoms with Crippen LogP contribution in [0.25, 0.3) is 0 Å². The second kappa shape index (κ2) is 6.73. The van der Waals surface area contributed by atoms with Crippen molar-refractivity contribution in [2.24, 2.45) is 0 Å². The largest absolute Gasteiger partial charge is 0.469 e. The van der Waals surface area contributed by atoms with E-state index in [0.29, 0.717) is 17.7 Å². The zero-order valence-electron chi connectivity index (χ0n) is 12.0. The highest BCUT2D eigenvalue weighted by Crippen LogP contribution is 2.14. The molecule has 0 saturated heterocycles. The van der Waals surface area contributed by atoms with Gasteiger partial charge in [-0.15, -0.1) is 0 Å². The second-order valence-corrected chi connectivity index (χ2v) is 4.54. The van der Waals surface area contributed by atoms with Gasteiger partial charge in [-0.3, -0.25) is 9.78 Å². The Balaban J connectivity index is 2.21. The van der Waals surface area contributed by atoms with E-state index >= 15 is 0 Å². The Morgan fingerprint density at radius 1 is 1.48 bits per heavy atom. The van der Waals surface area contributed by atoms with Gasteiger partial charge in [0.1, 0.15) is 12.4 Å². The molecule has 0 fully saturated rings. The number of aryl methyl sites for hydroxylation is 1. The average Bonchev–Trinajstić information content (AvgIpc) is 2.90. The van der Waals surface area contributed by atoms with Crippen LogP contribution in [0.3, 0.4) is 0 Å². The minimum Gasteiger partial charge on any atom is -0.469 e. The maximum Gasteiger partial charge on any atom is 0.255 e. The lowest BCUT2D eigenvalue weighted by atomic mass is 10.1. The molecule has 1 N–H and O–H groups in total. The molecule has 108 valence electrons. The lowest BCUT2D eigenvalue weighted by Crippen LogP contribution is -2.27. The summed E-state index contributed by atoms with van der Waals surface area (Å²) in [5, 5.41) is 8.77. The number of carbonyl (C=O) groups excluding carboxylic acids is 1. The molecule has 21 heavy (non-hydrogen) atoms. The molecular formula is C16H16N2O3. The van der Waals surface area contributed by atoms with Gasteiger partial charge < -0.3 is 14.4 Å². The van der Waals surface area contributed by atoms with Crippen LogP contribution >= 0.6 is 0 Å². The van der Waals surface area contributed by atoms with E-state index in [4.69, 9.17) is 9.52 Å². The molecule has 0 aliphatic rings. The van der Waals surface area contributed by atoms with Crippen molar-refractivity contribution in [2.45, 2.75) is 13.5 Å². The Morgan fingerprint density at radius 3 is 2.95 bits per heavy atom. The number of aliphatic hydroxyl groups is 1. The first-order valence-corrected chi connectivity index (χ1v) is 6.45. The fourth-order valence-electron chi connectivity index (χ4n) is 1.92. The molecule has 0 atom stereocenters. The van der Waals surface area contributed by atoms with Crippen LogP contribution in [0.2, 0.25) is 0 Å². The molecule has 2 heterocycles. The lowest BCUT2D eigenvalue weighted by molar-refractivity contribution is 0.0784. The third kappa shape index (κ3) is 3.50. The predicted molar refractivity (Wildman–Crippen MR) is 77.4 cm³/mol. The topological polar surface area (TPSA) is 66.6 Å². The van der Waals surface area contributed by atoms with Crippen LogP contribution in [-0.4, -0.2) is 34.6 Å². The number of rotatable bonds is 3. The van der Waals surface area contributed by atoms with Gasteiger partial charge >= 0.3 is 0 Å². The Labute approximate surface area is 123 Å². The minimum absolute atomic E-state index is 0.153. The molecule has 0 unspecified atom stereocenters. The van der Waals surface area contributed by atoms with Crippen LogP contribution < -0.4 is 0 Å². The molecule has 0 spiro atoms. The van der Waals surface area contributed by atoms with Crippen molar-refractivity contribution in [2.75, 3.05) is 13.7 Å². The van der Waals surface area contributed by atoms with Gasteiger partial charge in [0.05, 0.1) is 17.4 Å². The maximum absolute atomic E-state index is 12.5. The molecule has 2 aromatic rings. The minimum atomic E-state index is -0.257. The van der Waals surface area contributed by atoms with Gasteiger partial charge in [0.15, 0.2) is 0 Å². The summed E-state index contributed by atoms with van der Waals surface area (Å²) in [5.41, 5.74) is 1.94. The SMILES string of the molecule is Cc1occc1CN(C)C(=O)c1ccncc1C#CCO. The predicted octanol–water partition coefficient (Wildman–Crippen LogP) is 1.60. The number of nitrogens with zero attached hydrogens (tertiary/aromatic N) is 2. The van der Waals surface area contributed by atoms with Crippen molar-refractivity contribution in [3.63, 3.8) is 0 Å². The summed E-state index contributed by atoms with van der Waals surface area (Å²) < 4.78 is 5.23. The summed E-state index contributed by atoms with van der Waals surface area (Å²) in [6.07, 6.45) is 4.68. The standard InChI is InChI=1S/C16H16N2O3/c1-12-14(6-9-21-12)11-18(2)16(20)15-5-7-17-10-13(15)4-3-8-19/h5-7,9-10,19H,8,11H2,1-2H3. The third-order valence-electron chi connectivity index (χ3n) is 3.07. The van der Waals surface area contributed by atoms with Gasteiger partial charge in [0.25, 0.3) is 5.91 Å². The zero-order chi connectivity index (χ0) is 15.2. The molecule has 0 bridgehead atoms. The van der Waals surface area contributed by atoms with Crippen molar-refractivity contribution in [3.8, 4) is 11.8 Å². The van der Waals surface area contributed by atoms with E-state index in [0.717, 1.165) is 11.3 Å². The molecule has 2 rings (SSSR count). The number of furan rings is 1. The Kier molecular flexibility index (Phi) is 4.75. The van der Waals surface area contributed by atoms with Gasteiger partial charge in [-0.25, -0.2) is 0 Å². The molecule has 0 aromatic carbocycles. The Bertz CT molecular complexity index is 695. The number of carbonyl (C=O) groups is 1. The zero-order valence-corrected chi connectivity index (χ0v) is 12.0. The molecule has 1 amide bonds. The van der Waals surface area contributed by atoms with E-state index in [1.54, 1.807) is 30.5 Å². The monoisotopic (exact) mass is 284 g/mol. The van der Waals surface area contributed by atoms with E-state index in [9.17, 15) is 4.79 Å². The van der Waals surface area contributed by atoms with Crippen molar-refractivity contribution in [1.82, 2.24) is 9.88 Å². The third-order valence-corrected chi connectivity index (χ3v) is 3.07. The van der Waals surface area contributed by atoms with Gasteiger partial charge in [0.2, 0.25) is 0 Å². The van der Waals surface area contributed by atoms with E-state index in [1.807, 2.05) is 13.0 Å². The van der Waals surface area contributed by atoms with E-state index < -0.39 is 0 Å². The lowest BCUT2D eigenvalue weighted by Gasteiger charge is -2.17. The molecule has 0 saturated carbocycles. The van der Waals surface area contributed by atoms with Crippen molar-refractivity contribution in [3.05, 3.63) is 53.2 Å². The molecule has 2 aromatic heterocycles. The normalized spacial score (nSPS) is 9.86. The number of pyridine rings is 1. The number of hydrogen-bond donors (Lipinski definition) is 1. The Morgan fingerprint density at radius 2 is 2.29 bits per heavy atom. The van der Waals surface area contributed by atoms with Crippen molar-refractivity contribution < 1.29 is 14.3 Å². The Hall–Kier alpha value is -2.58. The number of hydrogen-bond acceptors (Lipinski definition) is 4. The first-order valence-electron chi connectivity index (χ1n) is 6.45. The van der Waals surface area contributed by atoms with Crippen LogP contribution in [0, 0.1) is 18.8 Å². The van der Waals surface area contributed by atoms with E-state index in [-0.39, 0.29) is 12.5 Å². The maximum atomic E-state index is 12.5. The molecule has 0 radical (unpaired) electrons. The van der Waals surface area contributed by atoms with Crippen LogP contribution in [0.1, 0.15) is 27.2 Å². The van der Waals surface area contributed by atoms with Gasteiger partial charge in [-0.1, -0.05) is 11.8 Å².